The summed E-state index contributed by atoms with van der Waals surface area (Å²) in [7, 11) is 1.42. The number of aryl methyl sites for hydroxylation is 1. The summed E-state index contributed by atoms with van der Waals surface area (Å²) in [5, 5.41) is 18.5. The summed E-state index contributed by atoms with van der Waals surface area (Å²) < 4.78 is 5.02. The van der Waals surface area contributed by atoms with E-state index in [0.29, 0.717) is 16.9 Å². The Morgan fingerprint density at radius 2 is 1.91 bits per heavy atom. The van der Waals surface area contributed by atoms with E-state index in [1.54, 1.807) is 18.2 Å². The van der Waals surface area contributed by atoms with Gasteiger partial charge in [0.25, 0.3) is 0 Å². The van der Waals surface area contributed by atoms with Gasteiger partial charge in [-0.1, -0.05) is 35.9 Å². The van der Waals surface area contributed by atoms with E-state index in [1.165, 1.54) is 13.2 Å². The number of carbonyl (C=O) groups is 1. The van der Waals surface area contributed by atoms with Crippen LogP contribution < -0.4 is 4.74 Å². The summed E-state index contributed by atoms with van der Waals surface area (Å²) in [5.41, 5.74) is 3.08. The first-order valence-electron chi connectivity index (χ1n) is 6.65. The standard InChI is InChI=1S/C18H15NO3/c1-12-3-6-14(7-4-12)15(11-19)9-13-5-8-17(22-2)16(10-13)18(20)21/h3-10H,1-2H3,(H,20,21)/b15-9-. The summed E-state index contributed by atoms with van der Waals surface area (Å²) in [6.07, 6.45) is 1.66. The van der Waals surface area contributed by atoms with Crippen LogP contribution in [0.4, 0.5) is 0 Å². The smallest absolute Gasteiger partial charge is 0.339 e. The van der Waals surface area contributed by atoms with Crippen LogP contribution in [0.5, 0.6) is 5.75 Å². The summed E-state index contributed by atoms with van der Waals surface area (Å²) >= 11 is 0. The number of benzene rings is 2. The SMILES string of the molecule is COc1ccc(/C=C(/C#N)c2ccc(C)cc2)cc1C(=O)O. The Hall–Kier alpha value is -3.06. The fourth-order valence-corrected chi connectivity index (χ4v) is 2.06. The van der Waals surface area contributed by atoms with Crippen molar-refractivity contribution in [3.8, 4) is 11.8 Å². The van der Waals surface area contributed by atoms with Gasteiger partial charge in [-0.3, -0.25) is 0 Å². The molecular formula is C18H15NO3. The quantitative estimate of drug-likeness (QED) is 0.688. The molecule has 0 aromatic heterocycles. The third-order valence-corrected chi connectivity index (χ3v) is 3.25. The summed E-state index contributed by atoms with van der Waals surface area (Å²) in [6.45, 7) is 1.97. The zero-order valence-electron chi connectivity index (χ0n) is 12.3. The Bertz CT molecular complexity index is 768. The van der Waals surface area contributed by atoms with Crippen LogP contribution in [0.1, 0.15) is 27.0 Å². The second-order valence-corrected chi connectivity index (χ2v) is 4.80. The van der Waals surface area contributed by atoms with Crippen LogP contribution in [-0.2, 0) is 0 Å². The molecule has 0 amide bonds. The van der Waals surface area contributed by atoms with Crippen LogP contribution in [-0.4, -0.2) is 18.2 Å². The topological polar surface area (TPSA) is 70.3 Å². The molecule has 0 unspecified atom stereocenters. The Balaban J connectivity index is 2.46. The minimum Gasteiger partial charge on any atom is -0.496 e. The summed E-state index contributed by atoms with van der Waals surface area (Å²) in [6, 6.07) is 14.5. The van der Waals surface area contributed by atoms with E-state index in [4.69, 9.17) is 4.74 Å². The molecule has 1 N–H and O–H groups in total. The van der Waals surface area contributed by atoms with E-state index in [9.17, 15) is 15.2 Å². The molecule has 0 saturated heterocycles. The normalized spacial score (nSPS) is 10.9. The van der Waals surface area contributed by atoms with Gasteiger partial charge in [0.05, 0.1) is 18.8 Å². The van der Waals surface area contributed by atoms with Gasteiger partial charge in [0.1, 0.15) is 11.3 Å². The second-order valence-electron chi connectivity index (χ2n) is 4.80. The molecule has 0 saturated carbocycles. The van der Waals surface area contributed by atoms with Gasteiger partial charge >= 0.3 is 5.97 Å². The number of ether oxygens (including phenoxy) is 1. The molecule has 4 nitrogen and oxygen atoms in total. The van der Waals surface area contributed by atoms with Gasteiger partial charge in [0.15, 0.2) is 0 Å². The molecule has 2 aromatic carbocycles. The van der Waals surface area contributed by atoms with Crippen molar-refractivity contribution in [1.82, 2.24) is 0 Å². The zero-order valence-corrected chi connectivity index (χ0v) is 12.3. The van der Waals surface area contributed by atoms with Crippen molar-refractivity contribution in [2.24, 2.45) is 0 Å². The van der Waals surface area contributed by atoms with E-state index in [2.05, 4.69) is 6.07 Å². The Kier molecular flexibility index (Phi) is 4.60. The van der Waals surface area contributed by atoms with Crippen molar-refractivity contribution in [2.75, 3.05) is 7.11 Å². The summed E-state index contributed by atoms with van der Waals surface area (Å²) in [5.74, 6) is -0.778. The van der Waals surface area contributed by atoms with E-state index in [0.717, 1.165) is 11.1 Å². The number of rotatable bonds is 4. The molecule has 2 rings (SSSR count). The van der Waals surface area contributed by atoms with Crippen LogP contribution in [0.15, 0.2) is 42.5 Å². The fourth-order valence-electron chi connectivity index (χ4n) is 2.06. The lowest BCUT2D eigenvalue weighted by Crippen LogP contribution is -2.00. The van der Waals surface area contributed by atoms with Crippen molar-refractivity contribution in [1.29, 1.82) is 5.26 Å². The summed E-state index contributed by atoms with van der Waals surface area (Å²) in [4.78, 5) is 11.2. The van der Waals surface area contributed by atoms with Gasteiger partial charge in [0, 0.05) is 0 Å². The highest BCUT2D eigenvalue weighted by Crippen LogP contribution is 2.23. The Labute approximate surface area is 128 Å². The van der Waals surface area contributed by atoms with E-state index in [-0.39, 0.29) is 5.56 Å². The molecule has 0 heterocycles. The number of carboxylic acid groups (broad SMARTS) is 1. The lowest BCUT2D eigenvalue weighted by Gasteiger charge is -2.06. The van der Waals surface area contributed by atoms with Gasteiger partial charge in [-0.15, -0.1) is 0 Å². The predicted octanol–water partition coefficient (Wildman–Crippen LogP) is 3.77. The molecule has 0 aliphatic rings. The Morgan fingerprint density at radius 3 is 2.45 bits per heavy atom. The van der Waals surface area contributed by atoms with Gasteiger partial charge < -0.3 is 9.84 Å². The molecular weight excluding hydrogens is 278 g/mol. The minimum atomic E-state index is -1.07. The molecule has 4 heteroatoms. The largest absolute Gasteiger partial charge is 0.496 e. The highest BCUT2D eigenvalue weighted by Gasteiger charge is 2.11. The number of hydrogen-bond acceptors (Lipinski definition) is 3. The third-order valence-electron chi connectivity index (χ3n) is 3.25. The first-order valence-corrected chi connectivity index (χ1v) is 6.65. The molecule has 22 heavy (non-hydrogen) atoms. The van der Waals surface area contributed by atoms with Crippen LogP contribution in [0.25, 0.3) is 11.6 Å². The van der Waals surface area contributed by atoms with Crippen LogP contribution in [0.3, 0.4) is 0 Å². The van der Waals surface area contributed by atoms with Gasteiger partial charge in [-0.2, -0.15) is 5.26 Å². The number of nitrogens with zero attached hydrogens (tertiary/aromatic N) is 1. The van der Waals surface area contributed by atoms with Crippen molar-refractivity contribution >= 4 is 17.6 Å². The lowest BCUT2D eigenvalue weighted by atomic mass is 10.0. The zero-order chi connectivity index (χ0) is 16.1. The average Bonchev–Trinajstić information content (AvgIpc) is 2.53. The average molecular weight is 293 g/mol. The van der Waals surface area contributed by atoms with E-state index >= 15 is 0 Å². The minimum absolute atomic E-state index is 0.0671. The monoisotopic (exact) mass is 293 g/mol. The molecule has 0 bridgehead atoms. The van der Waals surface area contributed by atoms with Crippen molar-refractivity contribution in [3.05, 3.63) is 64.7 Å². The maximum Gasteiger partial charge on any atom is 0.339 e. The first-order chi connectivity index (χ1) is 10.5. The maximum absolute atomic E-state index is 11.2. The first kappa shape index (κ1) is 15.3. The highest BCUT2D eigenvalue weighted by atomic mass is 16.5. The van der Waals surface area contributed by atoms with Crippen molar-refractivity contribution in [2.45, 2.75) is 6.92 Å². The molecule has 0 radical (unpaired) electrons. The number of aromatic carboxylic acids is 1. The van der Waals surface area contributed by atoms with Crippen LogP contribution >= 0.6 is 0 Å². The highest BCUT2D eigenvalue weighted by molar-refractivity contribution is 5.94. The molecule has 0 aliphatic heterocycles. The molecule has 0 spiro atoms. The second kappa shape index (κ2) is 6.59. The number of nitriles is 1. The van der Waals surface area contributed by atoms with Crippen molar-refractivity contribution < 1.29 is 14.6 Å². The predicted molar refractivity (Wildman–Crippen MR) is 84.6 cm³/mol. The van der Waals surface area contributed by atoms with Crippen LogP contribution in [0, 0.1) is 18.3 Å². The molecule has 0 atom stereocenters. The number of carboxylic acids is 1. The number of methoxy groups -OCH3 is 1. The van der Waals surface area contributed by atoms with E-state index < -0.39 is 5.97 Å². The number of allylic oxidation sites excluding steroid dienone is 1. The molecule has 0 fully saturated rings. The van der Waals surface area contributed by atoms with Gasteiger partial charge in [-0.25, -0.2) is 4.79 Å². The van der Waals surface area contributed by atoms with E-state index in [1.807, 2.05) is 31.2 Å². The van der Waals surface area contributed by atoms with Crippen LogP contribution in [0.2, 0.25) is 0 Å². The third kappa shape index (κ3) is 3.33. The van der Waals surface area contributed by atoms with Gasteiger partial charge in [0.2, 0.25) is 0 Å². The Morgan fingerprint density at radius 1 is 1.23 bits per heavy atom. The molecule has 2 aromatic rings. The van der Waals surface area contributed by atoms with Crippen molar-refractivity contribution in [3.63, 3.8) is 0 Å². The molecule has 110 valence electrons. The lowest BCUT2D eigenvalue weighted by molar-refractivity contribution is 0.0693. The van der Waals surface area contributed by atoms with Gasteiger partial charge in [-0.05, 0) is 36.3 Å². The maximum atomic E-state index is 11.2. The molecule has 0 aliphatic carbocycles. The number of hydrogen-bond donors (Lipinski definition) is 1. The fraction of sp³-hybridized carbons (Fsp3) is 0.111.